The Bertz CT molecular complexity index is 1430. The fourth-order valence-electron chi connectivity index (χ4n) is 5.28. The lowest BCUT2D eigenvalue weighted by molar-refractivity contribution is -0.127. The molecule has 1 saturated heterocycles. The van der Waals surface area contributed by atoms with Gasteiger partial charge in [0.2, 0.25) is 11.9 Å². The first kappa shape index (κ1) is 28.8. The normalized spacial score (nSPS) is 18.4. The average Bonchev–Trinajstić information content (AvgIpc) is 3.46. The molecule has 12 heteroatoms. The lowest BCUT2D eigenvalue weighted by atomic mass is 10.0. The van der Waals surface area contributed by atoms with Gasteiger partial charge in [0.05, 0.1) is 39.8 Å². The van der Waals surface area contributed by atoms with Crippen LogP contribution in [0.25, 0.3) is 10.6 Å². The fraction of sp³-hybridized carbons (Fsp3) is 0.429. The molecule has 5 rings (SSSR count). The monoisotopic (exact) mass is 603 g/mol. The van der Waals surface area contributed by atoms with Gasteiger partial charge in [0.15, 0.2) is 0 Å². The van der Waals surface area contributed by atoms with E-state index in [1.54, 1.807) is 48.4 Å². The maximum Gasteiger partial charge on any atom is 0.256 e. The van der Waals surface area contributed by atoms with Crippen molar-refractivity contribution in [3.05, 3.63) is 62.6 Å². The third-order valence-corrected chi connectivity index (χ3v) is 9.35. The number of anilines is 1. The first-order chi connectivity index (χ1) is 19.1. The van der Waals surface area contributed by atoms with E-state index in [1.807, 2.05) is 13.8 Å². The van der Waals surface area contributed by atoms with Gasteiger partial charge >= 0.3 is 0 Å². The predicted molar refractivity (Wildman–Crippen MR) is 156 cm³/mol. The second-order valence-electron chi connectivity index (χ2n) is 10.5. The molecule has 0 radical (unpaired) electrons. The van der Waals surface area contributed by atoms with E-state index in [9.17, 15) is 14.7 Å². The molecule has 1 fully saturated rings. The number of aromatic nitrogens is 2. The number of carbonyl (C=O) groups is 2. The molecular weight excluding hydrogens is 573 g/mol. The van der Waals surface area contributed by atoms with Crippen LogP contribution in [0.2, 0.25) is 10.0 Å². The zero-order valence-corrected chi connectivity index (χ0v) is 24.7. The van der Waals surface area contributed by atoms with Crippen LogP contribution in [-0.2, 0) is 15.1 Å². The Hall–Kier alpha value is -2.76. The molecule has 1 aromatic carbocycles. The molecule has 212 valence electrons. The molecule has 4 heterocycles. The third kappa shape index (κ3) is 5.56. The summed E-state index contributed by atoms with van der Waals surface area (Å²) in [6.45, 7) is 6.61. The summed E-state index contributed by atoms with van der Waals surface area (Å²) in [6, 6.07) is 7.53. The van der Waals surface area contributed by atoms with E-state index in [0.717, 1.165) is 22.6 Å². The summed E-state index contributed by atoms with van der Waals surface area (Å²) in [5, 5.41) is 17.1. The van der Waals surface area contributed by atoms with E-state index >= 15 is 0 Å². The highest BCUT2D eigenvalue weighted by Gasteiger charge is 2.49. The number of ether oxygens (including phenoxy) is 1. The van der Waals surface area contributed by atoms with Crippen molar-refractivity contribution < 1.29 is 19.4 Å². The van der Waals surface area contributed by atoms with Gasteiger partial charge in [-0.1, -0.05) is 35.3 Å². The van der Waals surface area contributed by atoms with Gasteiger partial charge in [-0.3, -0.25) is 9.59 Å². The molecule has 0 spiro atoms. The van der Waals surface area contributed by atoms with E-state index in [4.69, 9.17) is 27.9 Å². The van der Waals surface area contributed by atoms with E-state index in [1.165, 1.54) is 11.3 Å². The number of thiophene rings is 1. The highest BCUT2D eigenvalue weighted by Crippen LogP contribution is 2.47. The van der Waals surface area contributed by atoms with Crippen molar-refractivity contribution in [3.63, 3.8) is 0 Å². The minimum absolute atomic E-state index is 0.224. The van der Waals surface area contributed by atoms with Gasteiger partial charge in [-0.05, 0) is 57.4 Å². The number of nitrogens with zero attached hydrogens (tertiary/aromatic N) is 3. The molecule has 0 aliphatic carbocycles. The topological polar surface area (TPSA) is 117 Å². The van der Waals surface area contributed by atoms with E-state index in [0.29, 0.717) is 46.0 Å². The summed E-state index contributed by atoms with van der Waals surface area (Å²) in [5.41, 5.74) is 0.990. The van der Waals surface area contributed by atoms with Gasteiger partial charge in [0, 0.05) is 29.2 Å². The van der Waals surface area contributed by atoms with Crippen LogP contribution in [0.5, 0.6) is 0 Å². The standard InChI is InChI=1S/C28H31Cl2N5O4S/c1-15(25(37)33-21(14-36)16-5-4-6-17(29)11-16)35-26(38)19-12-22(40-24(19)28(35,2)3)23-20(30)13-31-27(34-23)32-18-7-9-39-10-8-18/h4-6,11-13,15,18,21,36H,7-10,14H2,1-3H3,(H,33,37)(H,31,32,34). The second kappa shape index (κ2) is 11.6. The van der Waals surface area contributed by atoms with E-state index < -0.39 is 17.6 Å². The summed E-state index contributed by atoms with van der Waals surface area (Å²) in [6.07, 6.45) is 3.31. The average molecular weight is 605 g/mol. The Labute approximate surface area is 246 Å². The smallest absolute Gasteiger partial charge is 0.256 e. The number of benzene rings is 1. The van der Waals surface area contributed by atoms with Gasteiger partial charge in [0.25, 0.3) is 5.91 Å². The van der Waals surface area contributed by atoms with Gasteiger partial charge in [-0.25, -0.2) is 9.97 Å². The van der Waals surface area contributed by atoms with Crippen LogP contribution in [0.3, 0.4) is 0 Å². The third-order valence-electron chi connectivity index (χ3n) is 7.39. The minimum atomic E-state index is -0.795. The van der Waals surface area contributed by atoms with E-state index in [-0.39, 0.29) is 24.5 Å². The number of rotatable bonds is 8. The molecule has 2 aliphatic heterocycles. The molecule has 0 bridgehead atoms. The predicted octanol–water partition coefficient (Wildman–Crippen LogP) is 5.03. The van der Waals surface area contributed by atoms with Crippen molar-refractivity contribution in [1.82, 2.24) is 20.2 Å². The zero-order chi connectivity index (χ0) is 28.6. The number of carbonyl (C=O) groups excluding carboxylic acids is 2. The minimum Gasteiger partial charge on any atom is -0.394 e. The Morgan fingerprint density at radius 2 is 2.02 bits per heavy atom. The van der Waals surface area contributed by atoms with Crippen LogP contribution >= 0.6 is 34.5 Å². The lowest BCUT2D eigenvalue weighted by Gasteiger charge is -2.37. The Morgan fingerprint density at radius 1 is 1.27 bits per heavy atom. The molecule has 40 heavy (non-hydrogen) atoms. The van der Waals surface area contributed by atoms with Gasteiger partial charge in [-0.2, -0.15) is 0 Å². The van der Waals surface area contributed by atoms with Crippen molar-refractivity contribution in [1.29, 1.82) is 0 Å². The first-order valence-corrected chi connectivity index (χ1v) is 14.7. The highest BCUT2D eigenvalue weighted by molar-refractivity contribution is 7.16. The number of fused-ring (bicyclic) bond motifs is 1. The number of nitrogens with one attached hydrogen (secondary N) is 2. The number of hydrogen-bond donors (Lipinski definition) is 3. The van der Waals surface area contributed by atoms with Gasteiger partial charge in [-0.15, -0.1) is 11.3 Å². The van der Waals surface area contributed by atoms with Crippen molar-refractivity contribution in [2.75, 3.05) is 25.1 Å². The molecule has 2 aromatic heterocycles. The Morgan fingerprint density at radius 3 is 2.70 bits per heavy atom. The van der Waals surface area contributed by atoms with Crippen molar-refractivity contribution >= 4 is 52.3 Å². The number of hydrogen-bond acceptors (Lipinski definition) is 8. The Kier molecular flexibility index (Phi) is 8.35. The van der Waals surface area contributed by atoms with Crippen LogP contribution in [0.4, 0.5) is 5.95 Å². The van der Waals surface area contributed by atoms with Crippen LogP contribution < -0.4 is 10.6 Å². The lowest BCUT2D eigenvalue weighted by Crippen LogP contribution is -2.52. The fourth-order valence-corrected chi connectivity index (χ4v) is 6.98. The van der Waals surface area contributed by atoms with Crippen LogP contribution in [0.1, 0.15) is 60.5 Å². The zero-order valence-electron chi connectivity index (χ0n) is 22.4. The maximum absolute atomic E-state index is 13.7. The maximum atomic E-state index is 13.7. The van der Waals surface area contributed by atoms with Gasteiger partial charge < -0.3 is 25.4 Å². The summed E-state index contributed by atoms with van der Waals surface area (Å²) in [7, 11) is 0. The van der Waals surface area contributed by atoms with Crippen LogP contribution in [0, 0.1) is 0 Å². The first-order valence-electron chi connectivity index (χ1n) is 13.1. The number of amides is 2. The molecular formula is C28H31Cl2N5O4S. The van der Waals surface area contributed by atoms with Crippen molar-refractivity contribution in [2.24, 2.45) is 0 Å². The second-order valence-corrected chi connectivity index (χ2v) is 12.4. The summed E-state index contributed by atoms with van der Waals surface area (Å²) in [5.74, 6) is -0.145. The summed E-state index contributed by atoms with van der Waals surface area (Å²) in [4.78, 5) is 39.2. The number of aliphatic hydroxyl groups is 1. The molecule has 3 N–H and O–H groups in total. The van der Waals surface area contributed by atoms with Crippen LogP contribution in [0.15, 0.2) is 36.5 Å². The molecule has 3 aromatic rings. The quantitative estimate of drug-likeness (QED) is 0.330. The molecule has 2 amide bonds. The summed E-state index contributed by atoms with van der Waals surface area (Å²) < 4.78 is 5.43. The molecule has 2 atom stereocenters. The molecule has 2 aliphatic rings. The van der Waals surface area contributed by atoms with Crippen molar-refractivity contribution in [3.8, 4) is 10.6 Å². The van der Waals surface area contributed by atoms with E-state index in [2.05, 4.69) is 20.6 Å². The molecule has 0 saturated carbocycles. The highest BCUT2D eigenvalue weighted by atomic mass is 35.5. The van der Waals surface area contributed by atoms with Crippen LogP contribution in [-0.4, -0.2) is 63.7 Å². The molecule has 2 unspecified atom stereocenters. The van der Waals surface area contributed by atoms with Crippen molar-refractivity contribution in [2.45, 2.75) is 57.3 Å². The van der Waals surface area contributed by atoms with Gasteiger partial charge in [0.1, 0.15) is 11.7 Å². The number of aliphatic hydroxyl groups excluding tert-OH is 1. The Balaban J connectivity index is 1.36. The summed E-state index contributed by atoms with van der Waals surface area (Å²) >= 11 is 14.0. The SMILES string of the molecule is CC(C(=O)NC(CO)c1cccc(Cl)c1)N1C(=O)c2cc(-c3nc(NC4CCOCC4)ncc3Cl)sc2C1(C)C. The largest absolute Gasteiger partial charge is 0.394 e. The molecule has 9 nitrogen and oxygen atoms in total. The number of halogens is 2.